The summed E-state index contributed by atoms with van der Waals surface area (Å²) < 4.78 is 6.19. The van der Waals surface area contributed by atoms with E-state index in [9.17, 15) is 9.59 Å². The van der Waals surface area contributed by atoms with E-state index in [0.717, 1.165) is 30.5 Å². The zero-order valence-corrected chi connectivity index (χ0v) is 21.8. The highest BCUT2D eigenvalue weighted by Crippen LogP contribution is 2.39. The SMILES string of the molecule is CC[C@@H]1Oc2ccc(NC(=O)Nc3ccc(C(C)C)cc3)cc2CN([C@H]2CCCc3ccccc32)C1=O. The van der Waals surface area contributed by atoms with Crippen LogP contribution in [0.1, 0.15) is 74.2 Å². The number of ether oxygens (including phenoxy) is 1. The van der Waals surface area contributed by atoms with Crippen molar-refractivity contribution in [1.82, 2.24) is 4.90 Å². The molecular weight excluding hydrogens is 462 g/mol. The molecule has 1 aliphatic heterocycles. The average molecular weight is 498 g/mol. The standard InChI is InChI=1S/C31H35N3O3/c1-4-28-30(35)34(27-11-7-9-22-8-5-6-10-26(22)27)19-23-18-25(16-17-29(23)37-28)33-31(36)32-24-14-12-21(13-15-24)20(2)3/h5-6,8,10,12-18,20,27-28H,4,7,9,11,19H2,1-3H3,(H2,32,33,36)/t27-,28-/m0/s1. The molecule has 0 aromatic heterocycles. The lowest BCUT2D eigenvalue weighted by Crippen LogP contribution is -2.42. The molecule has 6 heteroatoms. The largest absolute Gasteiger partial charge is 0.480 e. The maximum Gasteiger partial charge on any atom is 0.323 e. The van der Waals surface area contributed by atoms with Crippen LogP contribution < -0.4 is 15.4 Å². The van der Waals surface area contributed by atoms with Gasteiger partial charge in [-0.3, -0.25) is 4.79 Å². The normalized spacial score (nSPS) is 18.9. The van der Waals surface area contributed by atoms with E-state index in [1.165, 1.54) is 16.7 Å². The number of hydrogen-bond donors (Lipinski definition) is 2. The van der Waals surface area contributed by atoms with E-state index in [1.807, 2.05) is 54.3 Å². The van der Waals surface area contributed by atoms with Gasteiger partial charge in [0.05, 0.1) is 12.6 Å². The topological polar surface area (TPSA) is 70.7 Å². The van der Waals surface area contributed by atoms with Crippen LogP contribution in [0.2, 0.25) is 0 Å². The Morgan fingerprint density at radius 2 is 1.73 bits per heavy atom. The first kappa shape index (κ1) is 24.9. The summed E-state index contributed by atoms with van der Waals surface area (Å²) in [7, 11) is 0. The van der Waals surface area contributed by atoms with Gasteiger partial charge in [-0.05, 0) is 78.6 Å². The highest BCUT2D eigenvalue weighted by atomic mass is 16.5. The van der Waals surface area contributed by atoms with Crippen LogP contribution in [0.4, 0.5) is 16.2 Å². The number of urea groups is 1. The number of aryl methyl sites for hydroxylation is 1. The van der Waals surface area contributed by atoms with E-state index in [4.69, 9.17) is 4.74 Å². The molecule has 1 aliphatic carbocycles. The molecule has 192 valence electrons. The molecule has 3 aromatic carbocycles. The van der Waals surface area contributed by atoms with Crippen molar-refractivity contribution in [3.05, 3.63) is 89.0 Å². The monoisotopic (exact) mass is 497 g/mol. The number of hydrogen-bond acceptors (Lipinski definition) is 3. The summed E-state index contributed by atoms with van der Waals surface area (Å²) in [5, 5.41) is 5.83. The number of anilines is 2. The first-order valence-electron chi connectivity index (χ1n) is 13.3. The number of fused-ring (bicyclic) bond motifs is 2. The molecule has 0 spiro atoms. The second-order valence-electron chi connectivity index (χ2n) is 10.3. The Kier molecular flexibility index (Phi) is 7.17. The summed E-state index contributed by atoms with van der Waals surface area (Å²) in [6.45, 7) is 6.70. The second kappa shape index (κ2) is 10.7. The number of benzene rings is 3. The van der Waals surface area contributed by atoms with Crippen molar-refractivity contribution in [1.29, 1.82) is 0 Å². The van der Waals surface area contributed by atoms with Crippen LogP contribution in [0, 0.1) is 0 Å². The predicted octanol–water partition coefficient (Wildman–Crippen LogP) is 7.03. The molecule has 6 nitrogen and oxygen atoms in total. The number of nitrogens with one attached hydrogen (secondary N) is 2. The number of carbonyl (C=O) groups excluding carboxylic acids is 2. The Hall–Kier alpha value is -3.80. The van der Waals surface area contributed by atoms with E-state index < -0.39 is 6.10 Å². The summed E-state index contributed by atoms with van der Waals surface area (Å²) in [6, 6.07) is 21.6. The molecule has 0 radical (unpaired) electrons. The lowest BCUT2D eigenvalue weighted by molar-refractivity contribution is -0.141. The van der Waals surface area contributed by atoms with Gasteiger partial charge >= 0.3 is 6.03 Å². The number of amides is 3. The van der Waals surface area contributed by atoms with Gasteiger partial charge in [0.1, 0.15) is 5.75 Å². The molecule has 37 heavy (non-hydrogen) atoms. The molecule has 0 fully saturated rings. The third-order valence-electron chi connectivity index (χ3n) is 7.41. The van der Waals surface area contributed by atoms with Gasteiger partial charge in [-0.25, -0.2) is 4.79 Å². The van der Waals surface area contributed by atoms with E-state index in [-0.39, 0.29) is 18.0 Å². The quantitative estimate of drug-likeness (QED) is 0.397. The minimum absolute atomic E-state index is 0.0229. The fraction of sp³-hybridized carbons (Fsp3) is 0.355. The van der Waals surface area contributed by atoms with Gasteiger partial charge in [-0.15, -0.1) is 0 Å². The Labute approximate surface area is 219 Å². The molecule has 0 unspecified atom stereocenters. The van der Waals surface area contributed by atoms with Crippen molar-refractivity contribution in [2.75, 3.05) is 10.6 Å². The van der Waals surface area contributed by atoms with Crippen molar-refractivity contribution in [3.8, 4) is 5.75 Å². The first-order valence-corrected chi connectivity index (χ1v) is 13.3. The summed E-state index contributed by atoms with van der Waals surface area (Å²) in [4.78, 5) is 28.3. The maximum absolute atomic E-state index is 13.6. The van der Waals surface area contributed by atoms with Crippen molar-refractivity contribution >= 4 is 23.3 Å². The molecule has 3 aromatic rings. The zero-order chi connectivity index (χ0) is 25.9. The van der Waals surface area contributed by atoms with Crippen LogP contribution in [0.15, 0.2) is 66.7 Å². The second-order valence-corrected chi connectivity index (χ2v) is 10.3. The van der Waals surface area contributed by atoms with Crippen LogP contribution in [0.25, 0.3) is 0 Å². The lowest BCUT2D eigenvalue weighted by atomic mass is 9.86. The Morgan fingerprint density at radius 3 is 2.49 bits per heavy atom. The van der Waals surface area contributed by atoms with Crippen molar-refractivity contribution in [2.45, 2.75) is 71.1 Å². The van der Waals surface area contributed by atoms with Crippen molar-refractivity contribution in [2.24, 2.45) is 0 Å². The average Bonchev–Trinajstić information content (AvgIpc) is 3.04. The molecule has 2 atom stereocenters. The third-order valence-corrected chi connectivity index (χ3v) is 7.41. The van der Waals surface area contributed by atoms with Gasteiger partial charge in [-0.1, -0.05) is 57.2 Å². The summed E-state index contributed by atoms with van der Waals surface area (Å²) in [6.07, 6.45) is 3.11. The fourth-order valence-corrected chi connectivity index (χ4v) is 5.36. The summed E-state index contributed by atoms with van der Waals surface area (Å²) in [5.74, 6) is 1.16. The van der Waals surface area contributed by atoms with E-state index in [1.54, 1.807) is 0 Å². The number of carbonyl (C=O) groups is 2. The van der Waals surface area contributed by atoms with Gasteiger partial charge in [0.25, 0.3) is 5.91 Å². The van der Waals surface area contributed by atoms with Crippen LogP contribution in [0.3, 0.4) is 0 Å². The van der Waals surface area contributed by atoms with Crippen LogP contribution in [-0.4, -0.2) is 22.9 Å². The number of nitrogens with zero attached hydrogens (tertiary/aromatic N) is 1. The molecule has 2 aliphatic rings. The molecule has 3 amide bonds. The molecule has 2 N–H and O–H groups in total. The highest BCUT2D eigenvalue weighted by molar-refractivity contribution is 5.99. The summed E-state index contributed by atoms with van der Waals surface area (Å²) >= 11 is 0. The van der Waals surface area contributed by atoms with Gasteiger partial charge in [-0.2, -0.15) is 0 Å². The molecule has 1 heterocycles. The third kappa shape index (κ3) is 5.33. The Balaban J connectivity index is 1.37. The highest BCUT2D eigenvalue weighted by Gasteiger charge is 2.36. The van der Waals surface area contributed by atoms with E-state index in [0.29, 0.717) is 30.3 Å². The fourth-order valence-electron chi connectivity index (χ4n) is 5.36. The van der Waals surface area contributed by atoms with Crippen molar-refractivity contribution in [3.63, 3.8) is 0 Å². The van der Waals surface area contributed by atoms with Crippen molar-refractivity contribution < 1.29 is 14.3 Å². The molecule has 0 bridgehead atoms. The molecule has 0 saturated heterocycles. The van der Waals surface area contributed by atoms with Crippen LogP contribution in [0.5, 0.6) is 5.75 Å². The Morgan fingerprint density at radius 1 is 1.00 bits per heavy atom. The van der Waals surface area contributed by atoms with E-state index in [2.05, 4.69) is 48.7 Å². The molecule has 0 saturated carbocycles. The number of rotatable bonds is 5. The minimum atomic E-state index is -0.522. The smallest absolute Gasteiger partial charge is 0.323 e. The zero-order valence-electron chi connectivity index (χ0n) is 21.8. The molecule has 5 rings (SSSR count). The van der Waals surface area contributed by atoms with Gasteiger partial charge < -0.3 is 20.3 Å². The summed E-state index contributed by atoms with van der Waals surface area (Å²) in [5.41, 5.74) is 6.06. The Bertz CT molecular complexity index is 1290. The minimum Gasteiger partial charge on any atom is -0.480 e. The lowest BCUT2D eigenvalue weighted by Gasteiger charge is -2.36. The van der Waals surface area contributed by atoms with Crippen LogP contribution >= 0.6 is 0 Å². The van der Waals surface area contributed by atoms with Gasteiger partial charge in [0, 0.05) is 16.9 Å². The van der Waals surface area contributed by atoms with Gasteiger partial charge in [0.15, 0.2) is 6.10 Å². The van der Waals surface area contributed by atoms with E-state index >= 15 is 0 Å². The van der Waals surface area contributed by atoms with Gasteiger partial charge in [0.2, 0.25) is 0 Å². The van der Waals surface area contributed by atoms with Crippen LogP contribution in [-0.2, 0) is 17.8 Å². The predicted molar refractivity (Wildman–Crippen MR) is 147 cm³/mol. The maximum atomic E-state index is 13.6. The first-order chi connectivity index (χ1) is 17.9. The molecular formula is C31H35N3O3.